The van der Waals surface area contributed by atoms with Crippen molar-refractivity contribution in [3.8, 4) is 5.75 Å². The summed E-state index contributed by atoms with van der Waals surface area (Å²) < 4.78 is 5.43. The Labute approximate surface area is 111 Å². The van der Waals surface area contributed by atoms with Crippen molar-refractivity contribution in [2.45, 2.75) is 31.7 Å². The van der Waals surface area contributed by atoms with Gasteiger partial charge in [0.05, 0.1) is 11.3 Å². The van der Waals surface area contributed by atoms with Gasteiger partial charge in [-0.25, -0.2) is 0 Å². The van der Waals surface area contributed by atoms with Gasteiger partial charge in [-0.15, -0.1) is 0 Å². The van der Waals surface area contributed by atoms with Crippen molar-refractivity contribution >= 4 is 23.2 Å². The zero-order chi connectivity index (χ0) is 12.5. The molecule has 1 aromatic rings. The molecule has 1 heterocycles. The average Bonchev–Trinajstić information content (AvgIpc) is 2.86. The highest BCUT2D eigenvalue weighted by Gasteiger charge is 2.24. The van der Waals surface area contributed by atoms with Gasteiger partial charge in [0.25, 0.3) is 5.91 Å². The molecular weight excluding hydrogens is 252 g/mol. The fourth-order valence-electron chi connectivity index (χ4n) is 2.55. The van der Waals surface area contributed by atoms with Crippen LogP contribution in [0.25, 0.3) is 0 Å². The highest BCUT2D eigenvalue weighted by molar-refractivity contribution is 6.35. The molecular formula is C13H15ClN2O2. The van der Waals surface area contributed by atoms with Crippen LogP contribution in [-0.2, 0) is 0 Å². The first-order valence-corrected chi connectivity index (χ1v) is 6.63. The molecule has 2 N–H and O–H groups in total. The summed E-state index contributed by atoms with van der Waals surface area (Å²) in [5, 5.41) is 6.56. The molecule has 1 saturated carbocycles. The minimum atomic E-state index is -0.134. The molecule has 0 bridgehead atoms. The van der Waals surface area contributed by atoms with Crippen LogP contribution in [0.15, 0.2) is 12.1 Å². The fraction of sp³-hybridized carbons (Fsp3) is 0.462. The first-order valence-electron chi connectivity index (χ1n) is 6.26. The van der Waals surface area contributed by atoms with Crippen LogP contribution in [0.2, 0.25) is 5.02 Å². The number of amides is 1. The second-order valence-electron chi connectivity index (χ2n) is 4.72. The van der Waals surface area contributed by atoms with Crippen molar-refractivity contribution in [3.05, 3.63) is 22.7 Å². The van der Waals surface area contributed by atoms with Crippen LogP contribution in [0.5, 0.6) is 5.75 Å². The molecule has 1 fully saturated rings. The SMILES string of the molecule is O=C1NCOc2c1ccc(NC1CCCC1)c2Cl. The molecule has 1 aromatic carbocycles. The molecule has 18 heavy (non-hydrogen) atoms. The third kappa shape index (κ3) is 2.01. The summed E-state index contributed by atoms with van der Waals surface area (Å²) in [6, 6.07) is 4.10. The molecule has 0 radical (unpaired) electrons. The summed E-state index contributed by atoms with van der Waals surface area (Å²) >= 11 is 6.30. The zero-order valence-corrected chi connectivity index (χ0v) is 10.7. The van der Waals surface area contributed by atoms with Crippen molar-refractivity contribution in [2.75, 3.05) is 12.0 Å². The first-order chi connectivity index (χ1) is 8.75. The number of ether oxygens (including phenoxy) is 1. The number of hydrogen-bond acceptors (Lipinski definition) is 3. The minimum absolute atomic E-state index is 0.134. The molecule has 96 valence electrons. The summed E-state index contributed by atoms with van der Waals surface area (Å²) in [4.78, 5) is 11.6. The monoisotopic (exact) mass is 266 g/mol. The number of benzene rings is 1. The topological polar surface area (TPSA) is 50.4 Å². The number of hydrogen-bond donors (Lipinski definition) is 2. The minimum Gasteiger partial charge on any atom is -0.471 e. The molecule has 0 saturated heterocycles. The Morgan fingerprint density at radius 3 is 2.89 bits per heavy atom. The first kappa shape index (κ1) is 11.7. The van der Waals surface area contributed by atoms with Gasteiger partial charge in [-0.05, 0) is 25.0 Å². The quantitative estimate of drug-likeness (QED) is 0.865. The van der Waals surface area contributed by atoms with Gasteiger partial charge >= 0.3 is 0 Å². The lowest BCUT2D eigenvalue weighted by Gasteiger charge is -2.22. The predicted molar refractivity (Wildman–Crippen MR) is 70.3 cm³/mol. The van der Waals surface area contributed by atoms with E-state index in [1.807, 2.05) is 6.07 Å². The van der Waals surface area contributed by atoms with Crippen LogP contribution in [0.3, 0.4) is 0 Å². The lowest BCUT2D eigenvalue weighted by Crippen LogP contribution is -2.33. The fourth-order valence-corrected chi connectivity index (χ4v) is 2.82. The molecule has 1 amide bonds. The largest absolute Gasteiger partial charge is 0.471 e. The highest BCUT2D eigenvalue weighted by Crippen LogP contribution is 2.38. The van der Waals surface area contributed by atoms with Crippen molar-refractivity contribution < 1.29 is 9.53 Å². The number of carbonyl (C=O) groups is 1. The van der Waals surface area contributed by atoms with Crippen LogP contribution in [0.1, 0.15) is 36.0 Å². The summed E-state index contributed by atoms with van der Waals surface area (Å²) in [6.45, 7) is 0.179. The van der Waals surface area contributed by atoms with E-state index in [1.54, 1.807) is 6.07 Å². The van der Waals surface area contributed by atoms with Gasteiger partial charge in [-0.1, -0.05) is 24.4 Å². The zero-order valence-electron chi connectivity index (χ0n) is 9.96. The second-order valence-corrected chi connectivity index (χ2v) is 5.10. The number of carbonyl (C=O) groups excluding carboxylic acids is 1. The lowest BCUT2D eigenvalue weighted by atomic mass is 10.1. The van der Waals surface area contributed by atoms with Gasteiger partial charge in [0.15, 0.2) is 12.5 Å². The molecule has 1 aliphatic carbocycles. The van der Waals surface area contributed by atoms with E-state index >= 15 is 0 Å². The van der Waals surface area contributed by atoms with Gasteiger partial charge in [0, 0.05) is 6.04 Å². The Morgan fingerprint density at radius 2 is 2.11 bits per heavy atom. The van der Waals surface area contributed by atoms with E-state index in [9.17, 15) is 4.79 Å². The lowest BCUT2D eigenvalue weighted by molar-refractivity contribution is 0.0883. The number of fused-ring (bicyclic) bond motifs is 1. The van der Waals surface area contributed by atoms with Crippen molar-refractivity contribution in [1.29, 1.82) is 0 Å². The Balaban J connectivity index is 1.89. The summed E-state index contributed by atoms with van der Waals surface area (Å²) in [5.74, 6) is 0.356. The molecule has 2 aliphatic rings. The number of anilines is 1. The van der Waals surface area contributed by atoms with E-state index in [0.717, 1.165) is 5.69 Å². The van der Waals surface area contributed by atoms with E-state index in [2.05, 4.69) is 10.6 Å². The maximum atomic E-state index is 11.6. The number of rotatable bonds is 2. The van der Waals surface area contributed by atoms with Crippen molar-refractivity contribution in [2.24, 2.45) is 0 Å². The Kier molecular flexibility index (Phi) is 3.04. The summed E-state index contributed by atoms with van der Waals surface area (Å²) in [5.41, 5.74) is 1.36. The van der Waals surface area contributed by atoms with Crippen LogP contribution < -0.4 is 15.4 Å². The van der Waals surface area contributed by atoms with Gasteiger partial charge in [0.2, 0.25) is 0 Å². The molecule has 1 aliphatic heterocycles. The molecule has 0 unspecified atom stereocenters. The molecule has 3 rings (SSSR count). The van der Waals surface area contributed by atoms with Crippen LogP contribution in [-0.4, -0.2) is 18.7 Å². The van der Waals surface area contributed by atoms with E-state index in [4.69, 9.17) is 16.3 Å². The molecule has 0 aromatic heterocycles. The molecule has 0 spiro atoms. The summed E-state index contributed by atoms with van der Waals surface area (Å²) in [6.07, 6.45) is 4.88. The van der Waals surface area contributed by atoms with Crippen LogP contribution >= 0.6 is 11.6 Å². The Bertz CT molecular complexity index is 484. The molecule has 5 heteroatoms. The maximum Gasteiger partial charge on any atom is 0.257 e. The third-order valence-electron chi connectivity index (χ3n) is 3.51. The van der Waals surface area contributed by atoms with Gasteiger partial charge < -0.3 is 15.4 Å². The molecule has 0 atom stereocenters. The van der Waals surface area contributed by atoms with Crippen molar-refractivity contribution in [1.82, 2.24) is 5.32 Å². The third-order valence-corrected chi connectivity index (χ3v) is 3.88. The standard InChI is InChI=1S/C13H15ClN2O2/c14-11-10(16-8-3-1-2-4-8)6-5-9-12(11)18-7-15-13(9)17/h5-6,8,16H,1-4,7H2,(H,15,17). The second kappa shape index (κ2) is 4.69. The maximum absolute atomic E-state index is 11.6. The Morgan fingerprint density at radius 1 is 1.33 bits per heavy atom. The smallest absolute Gasteiger partial charge is 0.257 e. The number of nitrogens with one attached hydrogen (secondary N) is 2. The summed E-state index contributed by atoms with van der Waals surface area (Å²) in [7, 11) is 0. The van der Waals surface area contributed by atoms with Crippen LogP contribution in [0, 0.1) is 0 Å². The van der Waals surface area contributed by atoms with Crippen LogP contribution in [0.4, 0.5) is 5.69 Å². The van der Waals surface area contributed by atoms with E-state index in [-0.39, 0.29) is 12.6 Å². The van der Waals surface area contributed by atoms with E-state index in [0.29, 0.717) is 22.4 Å². The highest BCUT2D eigenvalue weighted by atomic mass is 35.5. The van der Waals surface area contributed by atoms with Gasteiger partial charge in [-0.3, -0.25) is 4.79 Å². The van der Waals surface area contributed by atoms with E-state index < -0.39 is 0 Å². The normalized spacial score (nSPS) is 19.1. The average molecular weight is 267 g/mol. The van der Waals surface area contributed by atoms with E-state index in [1.165, 1.54) is 25.7 Å². The Hall–Kier alpha value is -1.42. The number of halogens is 1. The molecule has 4 nitrogen and oxygen atoms in total. The van der Waals surface area contributed by atoms with Gasteiger partial charge in [-0.2, -0.15) is 0 Å². The predicted octanol–water partition coefficient (Wildman–Crippen LogP) is 2.77. The van der Waals surface area contributed by atoms with Crippen molar-refractivity contribution in [3.63, 3.8) is 0 Å². The van der Waals surface area contributed by atoms with Gasteiger partial charge in [0.1, 0.15) is 5.02 Å².